The van der Waals surface area contributed by atoms with Gasteiger partial charge in [-0.05, 0) is 47.2 Å². The highest BCUT2D eigenvalue weighted by molar-refractivity contribution is 6.06. The van der Waals surface area contributed by atoms with Gasteiger partial charge in [0.15, 0.2) is 0 Å². The lowest BCUT2D eigenvalue weighted by Crippen LogP contribution is -2.59. The molecule has 0 unspecified atom stereocenters. The molecule has 4 aliphatic carbocycles. The van der Waals surface area contributed by atoms with E-state index in [0.29, 0.717) is 12.8 Å². The van der Waals surface area contributed by atoms with Gasteiger partial charge in [0.25, 0.3) is 0 Å². The first-order valence-corrected chi connectivity index (χ1v) is 9.33. The molecule has 0 saturated carbocycles. The van der Waals surface area contributed by atoms with Crippen LogP contribution in [0.3, 0.4) is 0 Å². The summed E-state index contributed by atoms with van der Waals surface area (Å²) >= 11 is 0. The number of allylic oxidation sites excluding steroid dienone is 2. The first kappa shape index (κ1) is 15.2. The Labute approximate surface area is 156 Å². The van der Waals surface area contributed by atoms with Crippen molar-refractivity contribution in [2.24, 2.45) is 10.8 Å². The molecule has 0 spiro atoms. The molecule has 7 rings (SSSR count). The van der Waals surface area contributed by atoms with Gasteiger partial charge >= 0.3 is 11.9 Å². The van der Waals surface area contributed by atoms with Crippen LogP contribution in [-0.2, 0) is 14.3 Å². The molecule has 1 fully saturated rings. The zero-order valence-corrected chi connectivity index (χ0v) is 14.9. The molecule has 27 heavy (non-hydrogen) atoms. The second-order valence-corrected chi connectivity index (χ2v) is 7.99. The summed E-state index contributed by atoms with van der Waals surface area (Å²) in [7, 11) is 1.65. The van der Waals surface area contributed by atoms with Crippen LogP contribution in [-0.4, -0.2) is 19.0 Å². The minimum Gasteiger partial charge on any atom is -0.497 e. The highest BCUT2D eigenvalue weighted by atomic mass is 16.6. The van der Waals surface area contributed by atoms with Crippen LogP contribution in [0.25, 0.3) is 0 Å². The van der Waals surface area contributed by atoms with E-state index in [2.05, 4.69) is 18.2 Å². The van der Waals surface area contributed by atoms with E-state index in [9.17, 15) is 9.59 Å². The Hall–Kier alpha value is -2.88. The fraction of sp³-hybridized carbons (Fsp3) is 0.304. The van der Waals surface area contributed by atoms with E-state index in [4.69, 9.17) is 9.47 Å². The molecule has 4 atom stereocenters. The van der Waals surface area contributed by atoms with Crippen molar-refractivity contribution in [3.63, 3.8) is 0 Å². The average molecular weight is 358 g/mol. The van der Waals surface area contributed by atoms with Gasteiger partial charge in [-0.25, -0.2) is 0 Å². The minimum atomic E-state index is -0.864. The van der Waals surface area contributed by atoms with Crippen molar-refractivity contribution < 1.29 is 19.1 Å². The molecule has 1 heterocycles. The van der Waals surface area contributed by atoms with E-state index in [-0.39, 0.29) is 23.8 Å². The zero-order chi connectivity index (χ0) is 18.4. The summed E-state index contributed by atoms with van der Waals surface area (Å²) in [5.74, 6) is -0.335. The van der Waals surface area contributed by atoms with Crippen molar-refractivity contribution in [1.29, 1.82) is 0 Å². The molecule has 0 aromatic heterocycles. The topological polar surface area (TPSA) is 52.6 Å². The summed E-state index contributed by atoms with van der Waals surface area (Å²) < 4.78 is 10.9. The van der Waals surface area contributed by atoms with Crippen LogP contribution < -0.4 is 4.74 Å². The first-order valence-electron chi connectivity index (χ1n) is 9.33. The van der Waals surface area contributed by atoms with E-state index < -0.39 is 10.8 Å². The number of hydrogen-bond acceptors (Lipinski definition) is 4. The van der Waals surface area contributed by atoms with Crippen LogP contribution >= 0.6 is 0 Å². The maximum Gasteiger partial charge on any atom is 0.322 e. The van der Waals surface area contributed by atoms with E-state index in [1.807, 2.05) is 36.4 Å². The molecule has 2 aromatic rings. The summed E-state index contributed by atoms with van der Waals surface area (Å²) in [5.41, 5.74) is 2.79. The van der Waals surface area contributed by atoms with E-state index in [0.717, 1.165) is 28.0 Å². The van der Waals surface area contributed by atoms with Crippen LogP contribution in [0.15, 0.2) is 54.6 Å². The summed E-state index contributed by atoms with van der Waals surface area (Å²) in [6.07, 6.45) is 5.16. The predicted molar refractivity (Wildman–Crippen MR) is 97.5 cm³/mol. The quantitative estimate of drug-likeness (QED) is 0.443. The number of esters is 2. The molecule has 4 heteroatoms. The maximum absolute atomic E-state index is 13.2. The average Bonchev–Trinajstić information content (AvgIpc) is 2.95. The van der Waals surface area contributed by atoms with Gasteiger partial charge in [-0.1, -0.05) is 42.5 Å². The monoisotopic (exact) mass is 358 g/mol. The Morgan fingerprint density at radius 3 is 2.00 bits per heavy atom. The molecular weight excluding hydrogens is 340 g/mol. The van der Waals surface area contributed by atoms with E-state index in [1.54, 1.807) is 7.11 Å². The number of rotatable bonds is 1. The number of benzene rings is 2. The van der Waals surface area contributed by atoms with E-state index in [1.165, 1.54) is 0 Å². The van der Waals surface area contributed by atoms with Gasteiger partial charge in [0.2, 0.25) is 0 Å². The summed E-state index contributed by atoms with van der Waals surface area (Å²) in [5, 5.41) is 0. The summed E-state index contributed by atoms with van der Waals surface area (Å²) in [4.78, 5) is 26.4. The third-order valence-corrected chi connectivity index (χ3v) is 7.28. The molecular formula is C23H18O4. The van der Waals surface area contributed by atoms with Gasteiger partial charge in [0.05, 0.1) is 7.11 Å². The molecule has 0 amide bonds. The van der Waals surface area contributed by atoms with Gasteiger partial charge in [0.1, 0.15) is 16.6 Å². The van der Waals surface area contributed by atoms with Crippen molar-refractivity contribution in [1.82, 2.24) is 0 Å². The normalized spacial score (nSPS) is 34.4. The SMILES string of the molecule is COc1ccc2c(c1)[C@@H]1c3ccccc3[C@H]2[C@]23CC=CC[C@@]12C(=O)OC3=O. The largest absolute Gasteiger partial charge is 0.497 e. The van der Waals surface area contributed by atoms with Gasteiger partial charge in [0, 0.05) is 11.8 Å². The molecule has 1 saturated heterocycles. The fourth-order valence-electron chi connectivity index (χ4n) is 6.31. The van der Waals surface area contributed by atoms with E-state index >= 15 is 0 Å². The Morgan fingerprint density at radius 1 is 0.852 bits per heavy atom. The number of carbonyl (C=O) groups excluding carboxylic acids is 2. The van der Waals surface area contributed by atoms with Crippen molar-refractivity contribution in [3.8, 4) is 5.75 Å². The van der Waals surface area contributed by atoms with Crippen LogP contribution in [0.4, 0.5) is 0 Å². The minimum absolute atomic E-state index is 0.177. The van der Waals surface area contributed by atoms with Crippen molar-refractivity contribution in [2.45, 2.75) is 24.7 Å². The third-order valence-electron chi connectivity index (χ3n) is 7.28. The lowest BCUT2D eigenvalue weighted by Gasteiger charge is -2.59. The highest BCUT2D eigenvalue weighted by Crippen LogP contribution is 2.75. The van der Waals surface area contributed by atoms with Crippen molar-refractivity contribution >= 4 is 11.9 Å². The Morgan fingerprint density at radius 2 is 1.41 bits per heavy atom. The Kier molecular flexibility index (Phi) is 2.64. The molecule has 4 nitrogen and oxygen atoms in total. The van der Waals surface area contributed by atoms with Gasteiger partial charge in [-0.2, -0.15) is 0 Å². The third kappa shape index (κ3) is 1.42. The second kappa shape index (κ2) is 4.69. The lowest BCUT2D eigenvalue weighted by atomic mass is 9.38. The number of cyclic esters (lactones) is 2. The van der Waals surface area contributed by atoms with Crippen molar-refractivity contribution in [2.75, 3.05) is 7.11 Å². The standard InChI is InChI=1S/C23H18O4/c1-26-13-8-9-16-17(12-13)19-15-7-3-2-6-14(15)18(16)22-10-4-5-11-23(19,22)21(25)27-20(22)24/h2-9,12,18-19H,10-11H2,1H3/t18-,19+,22+,23+/m1/s1. The van der Waals surface area contributed by atoms with Gasteiger partial charge in [-0.3, -0.25) is 9.59 Å². The highest BCUT2D eigenvalue weighted by Gasteiger charge is 2.78. The second-order valence-electron chi connectivity index (χ2n) is 7.99. The van der Waals surface area contributed by atoms with Crippen LogP contribution in [0.5, 0.6) is 5.75 Å². The summed E-state index contributed by atoms with van der Waals surface area (Å²) in [6, 6.07) is 14.3. The fourth-order valence-corrected chi connectivity index (χ4v) is 6.31. The molecule has 2 aromatic carbocycles. The first-order chi connectivity index (χ1) is 13.1. The molecule has 1 aliphatic heterocycles. The number of hydrogen-bond donors (Lipinski definition) is 0. The molecule has 134 valence electrons. The van der Waals surface area contributed by atoms with Crippen LogP contribution in [0.2, 0.25) is 0 Å². The molecule has 0 N–H and O–H groups in total. The zero-order valence-electron chi connectivity index (χ0n) is 14.9. The Balaban J connectivity index is 1.78. The van der Waals surface area contributed by atoms with Crippen LogP contribution in [0, 0.1) is 10.8 Å². The number of carbonyl (C=O) groups is 2. The van der Waals surface area contributed by atoms with Crippen molar-refractivity contribution in [3.05, 3.63) is 76.9 Å². The summed E-state index contributed by atoms with van der Waals surface area (Å²) in [6.45, 7) is 0. The maximum atomic E-state index is 13.2. The predicted octanol–water partition coefficient (Wildman–Crippen LogP) is 3.69. The molecule has 5 aliphatic rings. The Bertz CT molecular complexity index is 1070. The number of methoxy groups -OCH3 is 1. The van der Waals surface area contributed by atoms with Gasteiger partial charge < -0.3 is 9.47 Å². The number of ether oxygens (including phenoxy) is 2. The smallest absolute Gasteiger partial charge is 0.322 e. The van der Waals surface area contributed by atoms with Crippen LogP contribution in [0.1, 0.15) is 46.9 Å². The lowest BCUT2D eigenvalue weighted by molar-refractivity contribution is -0.156. The molecule has 2 bridgehead atoms. The molecule has 0 radical (unpaired) electrons. The van der Waals surface area contributed by atoms with Gasteiger partial charge in [-0.15, -0.1) is 0 Å².